The van der Waals surface area contributed by atoms with Crippen molar-refractivity contribution in [2.45, 2.75) is 19.8 Å². The number of carbonyl (C=O) groups is 3. The molecule has 1 saturated heterocycles. The van der Waals surface area contributed by atoms with E-state index in [1.807, 2.05) is 6.92 Å². The number of ether oxygens (including phenoxy) is 1. The molecule has 8 heteroatoms. The molecule has 1 aliphatic heterocycles. The SMILES string of the molecule is Cc1cc(Cl)ccc1OCC(=O)N(C)CC(=O)N1CCCC(C(=O)O)C1. The molecular formula is C18H23ClN2O5. The zero-order chi connectivity index (χ0) is 19.3. The number of rotatable bonds is 6. The minimum absolute atomic E-state index is 0.103. The van der Waals surface area contributed by atoms with Gasteiger partial charge in [-0.2, -0.15) is 0 Å². The molecule has 1 unspecified atom stereocenters. The van der Waals surface area contributed by atoms with Crippen LogP contribution in [0.15, 0.2) is 18.2 Å². The van der Waals surface area contributed by atoms with Crippen molar-refractivity contribution in [2.75, 3.05) is 33.3 Å². The van der Waals surface area contributed by atoms with Crippen molar-refractivity contribution in [3.05, 3.63) is 28.8 Å². The smallest absolute Gasteiger partial charge is 0.308 e. The van der Waals surface area contributed by atoms with Crippen molar-refractivity contribution in [1.82, 2.24) is 9.80 Å². The number of likely N-dealkylation sites (N-methyl/N-ethyl adjacent to an activating group) is 1. The van der Waals surface area contributed by atoms with Crippen molar-refractivity contribution in [3.8, 4) is 5.75 Å². The largest absolute Gasteiger partial charge is 0.483 e. The van der Waals surface area contributed by atoms with Gasteiger partial charge in [0.1, 0.15) is 5.75 Å². The predicted octanol–water partition coefficient (Wildman–Crippen LogP) is 1.81. The van der Waals surface area contributed by atoms with E-state index < -0.39 is 11.9 Å². The molecule has 1 atom stereocenters. The first-order chi connectivity index (χ1) is 12.3. The maximum absolute atomic E-state index is 12.3. The Hall–Kier alpha value is -2.28. The zero-order valence-corrected chi connectivity index (χ0v) is 15.7. The second-order valence-corrected chi connectivity index (χ2v) is 6.90. The fourth-order valence-electron chi connectivity index (χ4n) is 2.82. The molecule has 1 N–H and O–H groups in total. The number of piperidine rings is 1. The molecule has 2 amide bonds. The fraction of sp³-hybridized carbons (Fsp3) is 0.500. The normalized spacial score (nSPS) is 16.9. The Morgan fingerprint density at radius 2 is 2.12 bits per heavy atom. The van der Waals surface area contributed by atoms with Crippen molar-refractivity contribution >= 4 is 29.4 Å². The molecule has 2 rings (SSSR count). The number of carbonyl (C=O) groups excluding carboxylic acids is 2. The predicted molar refractivity (Wildman–Crippen MR) is 96.3 cm³/mol. The summed E-state index contributed by atoms with van der Waals surface area (Å²) in [7, 11) is 1.52. The van der Waals surface area contributed by atoms with E-state index in [0.717, 1.165) is 5.56 Å². The second-order valence-electron chi connectivity index (χ2n) is 6.47. The molecule has 1 heterocycles. The van der Waals surface area contributed by atoms with Gasteiger partial charge in [-0.05, 0) is 43.5 Å². The van der Waals surface area contributed by atoms with E-state index in [2.05, 4.69) is 0 Å². The summed E-state index contributed by atoms with van der Waals surface area (Å²) in [5.41, 5.74) is 0.817. The second kappa shape index (κ2) is 8.89. The van der Waals surface area contributed by atoms with Crippen molar-refractivity contribution in [2.24, 2.45) is 5.92 Å². The molecule has 1 fully saturated rings. The van der Waals surface area contributed by atoms with Crippen LogP contribution in [0, 0.1) is 12.8 Å². The summed E-state index contributed by atoms with van der Waals surface area (Å²) < 4.78 is 5.50. The minimum atomic E-state index is -0.890. The van der Waals surface area contributed by atoms with Gasteiger partial charge < -0.3 is 19.6 Å². The van der Waals surface area contributed by atoms with E-state index in [1.165, 1.54) is 16.8 Å². The molecule has 1 aromatic rings. The highest BCUT2D eigenvalue weighted by atomic mass is 35.5. The molecule has 0 aromatic heterocycles. The maximum Gasteiger partial charge on any atom is 0.308 e. The number of aliphatic carboxylic acids is 1. The maximum atomic E-state index is 12.3. The highest BCUT2D eigenvalue weighted by molar-refractivity contribution is 6.30. The van der Waals surface area contributed by atoms with Crippen LogP contribution in [-0.4, -0.2) is 66.0 Å². The molecule has 0 radical (unpaired) electrons. The van der Waals surface area contributed by atoms with Crippen LogP contribution >= 0.6 is 11.6 Å². The summed E-state index contributed by atoms with van der Waals surface area (Å²) in [6.45, 7) is 2.24. The van der Waals surface area contributed by atoms with Gasteiger partial charge in [-0.25, -0.2) is 0 Å². The number of hydrogen-bond donors (Lipinski definition) is 1. The number of halogens is 1. The third-order valence-corrected chi connectivity index (χ3v) is 4.64. The molecule has 142 valence electrons. The Balaban J connectivity index is 1.84. The van der Waals surface area contributed by atoms with Gasteiger partial charge >= 0.3 is 5.97 Å². The van der Waals surface area contributed by atoms with E-state index in [9.17, 15) is 14.4 Å². The lowest BCUT2D eigenvalue weighted by Crippen LogP contribution is -2.47. The Bertz CT molecular complexity index is 694. The molecule has 0 bridgehead atoms. The first-order valence-corrected chi connectivity index (χ1v) is 8.79. The van der Waals surface area contributed by atoms with E-state index in [-0.39, 0.29) is 31.5 Å². The average molecular weight is 383 g/mol. The number of nitrogens with zero attached hydrogens (tertiary/aromatic N) is 2. The van der Waals surface area contributed by atoms with Gasteiger partial charge in [0.15, 0.2) is 6.61 Å². The van der Waals surface area contributed by atoms with Crippen LogP contribution < -0.4 is 4.74 Å². The molecule has 0 spiro atoms. The molecule has 1 aromatic carbocycles. The van der Waals surface area contributed by atoms with E-state index in [4.69, 9.17) is 21.4 Å². The Morgan fingerprint density at radius 1 is 1.38 bits per heavy atom. The summed E-state index contributed by atoms with van der Waals surface area (Å²) >= 11 is 5.88. The third-order valence-electron chi connectivity index (χ3n) is 4.41. The summed E-state index contributed by atoms with van der Waals surface area (Å²) in [4.78, 5) is 38.4. The molecule has 26 heavy (non-hydrogen) atoms. The van der Waals surface area contributed by atoms with Crippen molar-refractivity contribution in [3.63, 3.8) is 0 Å². The topological polar surface area (TPSA) is 87.2 Å². The number of carboxylic acids is 1. The van der Waals surface area contributed by atoms with Gasteiger partial charge in [0.05, 0.1) is 12.5 Å². The molecule has 0 saturated carbocycles. The summed E-state index contributed by atoms with van der Waals surface area (Å²) in [6.07, 6.45) is 1.22. The number of aryl methyl sites for hydroxylation is 1. The van der Waals surface area contributed by atoms with Gasteiger partial charge in [-0.15, -0.1) is 0 Å². The first kappa shape index (κ1) is 20.0. The Kier molecular flexibility index (Phi) is 6.85. The van der Waals surface area contributed by atoms with Crippen molar-refractivity contribution in [1.29, 1.82) is 0 Å². The number of hydrogen-bond acceptors (Lipinski definition) is 4. The van der Waals surface area contributed by atoms with Gasteiger partial charge in [-0.1, -0.05) is 11.6 Å². The quantitative estimate of drug-likeness (QED) is 0.810. The highest BCUT2D eigenvalue weighted by Gasteiger charge is 2.29. The number of benzene rings is 1. The van der Waals surface area contributed by atoms with Crippen LogP contribution in [0.2, 0.25) is 5.02 Å². The molecule has 1 aliphatic rings. The van der Waals surface area contributed by atoms with Crippen LogP contribution in [0.4, 0.5) is 0 Å². The Labute approximate surface area is 157 Å². The number of amides is 2. The lowest BCUT2D eigenvalue weighted by Gasteiger charge is -2.32. The first-order valence-electron chi connectivity index (χ1n) is 8.41. The third kappa shape index (κ3) is 5.36. The number of carboxylic acid groups (broad SMARTS) is 1. The van der Waals surface area contributed by atoms with Crippen molar-refractivity contribution < 1.29 is 24.2 Å². The number of likely N-dealkylation sites (tertiary alicyclic amines) is 1. The van der Waals surface area contributed by atoms with Gasteiger partial charge in [0.2, 0.25) is 5.91 Å². The standard InChI is InChI=1S/C18H23ClN2O5/c1-12-8-14(19)5-6-15(12)26-11-17(23)20(2)10-16(22)21-7-3-4-13(9-21)18(24)25/h5-6,8,13H,3-4,7,9-11H2,1-2H3,(H,24,25). The van der Waals surface area contributed by atoms with E-state index in [0.29, 0.717) is 30.2 Å². The molecule has 0 aliphatic carbocycles. The monoisotopic (exact) mass is 382 g/mol. The molecule has 7 nitrogen and oxygen atoms in total. The fourth-order valence-corrected chi connectivity index (χ4v) is 3.05. The Morgan fingerprint density at radius 3 is 2.77 bits per heavy atom. The highest BCUT2D eigenvalue weighted by Crippen LogP contribution is 2.21. The van der Waals surface area contributed by atoms with Crippen LogP contribution in [0.5, 0.6) is 5.75 Å². The zero-order valence-electron chi connectivity index (χ0n) is 14.9. The summed E-state index contributed by atoms with van der Waals surface area (Å²) in [5.74, 6) is -1.46. The average Bonchev–Trinajstić information content (AvgIpc) is 2.60. The van der Waals surface area contributed by atoms with Gasteiger partial charge in [0, 0.05) is 25.2 Å². The van der Waals surface area contributed by atoms with E-state index in [1.54, 1.807) is 18.2 Å². The van der Waals surface area contributed by atoms with Crippen LogP contribution in [-0.2, 0) is 14.4 Å². The lowest BCUT2D eigenvalue weighted by atomic mass is 9.98. The summed E-state index contributed by atoms with van der Waals surface area (Å²) in [5, 5.41) is 9.69. The molecular weight excluding hydrogens is 360 g/mol. The van der Waals surface area contributed by atoms with Crippen LogP contribution in [0.25, 0.3) is 0 Å². The van der Waals surface area contributed by atoms with Crippen LogP contribution in [0.3, 0.4) is 0 Å². The van der Waals surface area contributed by atoms with E-state index >= 15 is 0 Å². The lowest BCUT2D eigenvalue weighted by molar-refractivity contribution is -0.147. The van der Waals surface area contributed by atoms with Crippen LogP contribution in [0.1, 0.15) is 18.4 Å². The minimum Gasteiger partial charge on any atom is -0.483 e. The summed E-state index contributed by atoms with van der Waals surface area (Å²) in [6, 6.07) is 5.11. The van der Waals surface area contributed by atoms with Gasteiger partial charge in [-0.3, -0.25) is 14.4 Å². The van der Waals surface area contributed by atoms with Gasteiger partial charge in [0.25, 0.3) is 5.91 Å².